The molecule has 0 saturated heterocycles. The molecule has 2 N–H and O–H groups in total. The summed E-state index contributed by atoms with van der Waals surface area (Å²) in [6.07, 6.45) is 0.604. The number of carbonyl (C=O) groups excluding carboxylic acids is 2. The number of ether oxygens (including phenoxy) is 1. The molecule has 72 valence electrons. The molecule has 1 amide bonds. The number of amides is 1. The maximum Gasteiger partial charge on any atom is 0.404 e. The minimum Gasteiger partial charge on any atom is -0.445 e. The largest absolute Gasteiger partial charge is 0.445 e. The lowest BCUT2D eigenvalue weighted by molar-refractivity contribution is 0.150. The second-order valence-electron chi connectivity index (χ2n) is 2.48. The van der Waals surface area contributed by atoms with Crippen molar-refractivity contribution < 1.29 is 14.3 Å². The number of benzene rings is 1. The van der Waals surface area contributed by atoms with E-state index in [-0.39, 0.29) is 6.61 Å². The first-order chi connectivity index (χ1) is 6.72. The molecule has 1 aromatic carbocycles. The fraction of sp³-hybridized carbons (Fsp3) is 0.111. The molecule has 0 aliphatic carbocycles. The first-order valence-electron chi connectivity index (χ1n) is 3.81. The quantitative estimate of drug-likeness (QED) is 0.577. The maximum absolute atomic E-state index is 10.3. The van der Waals surface area contributed by atoms with Crippen molar-refractivity contribution in [3.05, 3.63) is 29.8 Å². The van der Waals surface area contributed by atoms with E-state index in [9.17, 15) is 9.59 Å². The molecule has 0 atom stereocenters. The average molecular weight is 192 g/mol. The Kier molecular flexibility index (Phi) is 3.41. The molecule has 0 aliphatic heterocycles. The zero-order chi connectivity index (χ0) is 10.4. The summed E-state index contributed by atoms with van der Waals surface area (Å²) < 4.78 is 4.56. The Morgan fingerprint density at radius 1 is 1.43 bits per heavy atom. The van der Waals surface area contributed by atoms with Gasteiger partial charge in [0.25, 0.3) is 0 Å². The summed E-state index contributed by atoms with van der Waals surface area (Å²) >= 11 is 0. The lowest BCUT2D eigenvalue weighted by atomic mass is 10.2. The second-order valence-corrected chi connectivity index (χ2v) is 2.48. The number of isocyanates is 1. The van der Waals surface area contributed by atoms with Crippen molar-refractivity contribution in [2.75, 3.05) is 0 Å². The lowest BCUT2D eigenvalue weighted by Crippen LogP contribution is -2.12. The van der Waals surface area contributed by atoms with Gasteiger partial charge < -0.3 is 10.5 Å². The number of nitrogens with two attached hydrogens (primary N) is 1. The summed E-state index contributed by atoms with van der Waals surface area (Å²) in [7, 11) is 0. The van der Waals surface area contributed by atoms with E-state index in [0.29, 0.717) is 5.69 Å². The summed E-state index contributed by atoms with van der Waals surface area (Å²) in [5, 5.41) is 0. The molecule has 5 heteroatoms. The van der Waals surface area contributed by atoms with Crippen LogP contribution in [0.25, 0.3) is 0 Å². The Labute approximate surface area is 80.2 Å². The van der Waals surface area contributed by atoms with E-state index in [0.717, 1.165) is 5.56 Å². The van der Waals surface area contributed by atoms with Crippen molar-refractivity contribution in [2.24, 2.45) is 10.7 Å². The highest BCUT2D eigenvalue weighted by Crippen LogP contribution is 2.12. The van der Waals surface area contributed by atoms with Gasteiger partial charge in [0.2, 0.25) is 6.08 Å². The van der Waals surface area contributed by atoms with E-state index in [4.69, 9.17) is 5.73 Å². The summed E-state index contributed by atoms with van der Waals surface area (Å²) in [6, 6.07) is 6.59. The van der Waals surface area contributed by atoms with E-state index in [2.05, 4.69) is 9.73 Å². The van der Waals surface area contributed by atoms with Crippen LogP contribution in [-0.2, 0) is 16.1 Å². The van der Waals surface area contributed by atoms with E-state index < -0.39 is 6.09 Å². The van der Waals surface area contributed by atoms with Crippen molar-refractivity contribution in [3.8, 4) is 0 Å². The van der Waals surface area contributed by atoms with Crippen LogP contribution in [0.5, 0.6) is 0 Å². The molecule has 1 rings (SSSR count). The Bertz CT molecular complexity index is 366. The first-order valence-corrected chi connectivity index (χ1v) is 3.81. The maximum atomic E-state index is 10.3. The van der Waals surface area contributed by atoms with Gasteiger partial charge in [0.15, 0.2) is 0 Å². The zero-order valence-corrected chi connectivity index (χ0v) is 7.27. The molecular formula is C9H8N2O3. The van der Waals surface area contributed by atoms with Gasteiger partial charge in [-0.2, -0.15) is 4.99 Å². The van der Waals surface area contributed by atoms with Crippen LogP contribution in [0.2, 0.25) is 0 Å². The van der Waals surface area contributed by atoms with Gasteiger partial charge in [0.1, 0.15) is 6.61 Å². The fourth-order valence-electron chi connectivity index (χ4n) is 0.874. The minimum atomic E-state index is -0.819. The number of carbonyl (C=O) groups is 1. The van der Waals surface area contributed by atoms with Gasteiger partial charge in [-0.25, -0.2) is 9.59 Å². The van der Waals surface area contributed by atoms with Gasteiger partial charge in [-0.05, 0) is 17.7 Å². The second kappa shape index (κ2) is 4.79. The molecule has 5 nitrogen and oxygen atoms in total. The number of hydrogen-bond acceptors (Lipinski definition) is 4. The topological polar surface area (TPSA) is 81.8 Å². The molecule has 0 aliphatic rings. The van der Waals surface area contributed by atoms with Gasteiger partial charge in [-0.3, -0.25) is 0 Å². The highest BCUT2D eigenvalue weighted by atomic mass is 16.5. The van der Waals surface area contributed by atoms with Crippen molar-refractivity contribution >= 4 is 17.9 Å². The fourth-order valence-corrected chi connectivity index (χ4v) is 0.874. The third-order valence-corrected chi connectivity index (χ3v) is 1.49. The van der Waals surface area contributed by atoms with Crippen LogP contribution < -0.4 is 5.73 Å². The monoisotopic (exact) mass is 192 g/mol. The Morgan fingerprint density at radius 2 is 2.07 bits per heavy atom. The third kappa shape index (κ3) is 3.08. The first kappa shape index (κ1) is 9.95. The summed E-state index contributed by atoms with van der Waals surface area (Å²) in [6.45, 7) is 0.112. The van der Waals surface area contributed by atoms with E-state index >= 15 is 0 Å². The summed E-state index contributed by atoms with van der Waals surface area (Å²) in [5.74, 6) is 0. The molecular weight excluding hydrogens is 184 g/mol. The smallest absolute Gasteiger partial charge is 0.404 e. The van der Waals surface area contributed by atoms with Gasteiger partial charge >= 0.3 is 6.09 Å². The molecule has 0 radical (unpaired) electrons. The molecule has 0 spiro atoms. The average Bonchev–Trinajstić information content (AvgIpc) is 2.17. The van der Waals surface area contributed by atoms with Crippen LogP contribution in [0.15, 0.2) is 29.3 Å². The predicted molar refractivity (Wildman–Crippen MR) is 48.6 cm³/mol. The lowest BCUT2D eigenvalue weighted by Gasteiger charge is -2.00. The summed E-state index contributed by atoms with van der Waals surface area (Å²) in [4.78, 5) is 23.6. The van der Waals surface area contributed by atoms with Gasteiger partial charge in [0, 0.05) is 0 Å². The number of hydrogen-bond donors (Lipinski definition) is 1. The molecule has 14 heavy (non-hydrogen) atoms. The van der Waals surface area contributed by atoms with Gasteiger partial charge in [-0.15, -0.1) is 0 Å². The van der Waals surface area contributed by atoms with Gasteiger partial charge in [-0.1, -0.05) is 12.1 Å². The Balaban J connectivity index is 2.63. The Hall–Kier alpha value is -2.13. The number of aliphatic imine (C=N–C) groups is 1. The van der Waals surface area contributed by atoms with Crippen LogP contribution in [0.4, 0.5) is 10.5 Å². The van der Waals surface area contributed by atoms with E-state index in [1.165, 1.54) is 6.08 Å². The SMILES string of the molecule is NC(=O)OCc1ccc(N=C=O)cc1. The van der Waals surface area contributed by atoms with Gasteiger partial charge in [0.05, 0.1) is 5.69 Å². The van der Waals surface area contributed by atoms with Crippen molar-refractivity contribution in [3.63, 3.8) is 0 Å². The predicted octanol–water partition coefficient (Wildman–Crippen LogP) is 1.25. The zero-order valence-electron chi connectivity index (χ0n) is 7.27. The van der Waals surface area contributed by atoms with Crippen LogP contribution in [0, 0.1) is 0 Å². The number of nitrogens with zero attached hydrogens (tertiary/aromatic N) is 1. The van der Waals surface area contributed by atoms with Crippen molar-refractivity contribution in [1.82, 2.24) is 0 Å². The van der Waals surface area contributed by atoms with Crippen molar-refractivity contribution in [1.29, 1.82) is 0 Å². The normalized spacial score (nSPS) is 8.86. The summed E-state index contributed by atoms with van der Waals surface area (Å²) in [5.41, 5.74) is 6.06. The van der Waals surface area contributed by atoms with E-state index in [1.807, 2.05) is 0 Å². The third-order valence-electron chi connectivity index (χ3n) is 1.49. The molecule has 0 bridgehead atoms. The number of rotatable bonds is 3. The van der Waals surface area contributed by atoms with Crippen LogP contribution in [0.1, 0.15) is 5.56 Å². The van der Waals surface area contributed by atoms with Crippen molar-refractivity contribution in [2.45, 2.75) is 6.61 Å². The molecule has 1 aromatic rings. The minimum absolute atomic E-state index is 0.112. The standard InChI is InChI=1S/C9H8N2O3/c10-9(13)14-5-7-1-3-8(4-2-7)11-6-12/h1-4H,5H2,(H2,10,13). The molecule has 0 fully saturated rings. The van der Waals surface area contributed by atoms with E-state index in [1.54, 1.807) is 24.3 Å². The van der Waals surface area contributed by atoms with Crippen LogP contribution in [0.3, 0.4) is 0 Å². The molecule has 0 unspecified atom stereocenters. The highest BCUT2D eigenvalue weighted by Gasteiger charge is 1.96. The van der Waals surface area contributed by atoms with Crippen LogP contribution in [-0.4, -0.2) is 12.2 Å². The Morgan fingerprint density at radius 3 is 2.57 bits per heavy atom. The molecule has 0 aromatic heterocycles. The molecule has 0 saturated carbocycles. The highest BCUT2D eigenvalue weighted by molar-refractivity contribution is 5.64. The van der Waals surface area contributed by atoms with Crippen LogP contribution >= 0.6 is 0 Å². The number of primary amides is 1. The molecule has 0 heterocycles.